The van der Waals surface area contributed by atoms with E-state index in [-0.39, 0.29) is 23.8 Å². The highest BCUT2D eigenvalue weighted by molar-refractivity contribution is 6.02. The van der Waals surface area contributed by atoms with Crippen LogP contribution in [0.4, 0.5) is 0 Å². The van der Waals surface area contributed by atoms with Gasteiger partial charge in [-0.15, -0.1) is 0 Å². The van der Waals surface area contributed by atoms with Crippen LogP contribution < -0.4 is 0 Å². The number of benzene rings is 1. The summed E-state index contributed by atoms with van der Waals surface area (Å²) >= 11 is 0. The maximum atomic E-state index is 11.5. The van der Waals surface area contributed by atoms with E-state index in [0.29, 0.717) is 16.7 Å². The molecular formula is C14H16O3. The Hall–Kier alpha value is -1.77. The molecule has 17 heavy (non-hydrogen) atoms. The summed E-state index contributed by atoms with van der Waals surface area (Å²) in [5.74, 6) is -0.189. The Morgan fingerprint density at radius 2 is 1.47 bits per heavy atom. The average molecular weight is 232 g/mol. The van der Waals surface area contributed by atoms with Gasteiger partial charge < -0.3 is 0 Å². The van der Waals surface area contributed by atoms with Crippen molar-refractivity contribution >= 4 is 17.3 Å². The first-order chi connectivity index (χ1) is 7.82. The standard InChI is InChI=1S/C14H16O3/c1-8-5-12(6-9(2)15)14(11(4)17)7-13(8)10(3)16/h5,7H,6H2,1-4H3. The molecule has 0 unspecified atom stereocenters. The van der Waals surface area contributed by atoms with Crippen LogP contribution >= 0.6 is 0 Å². The SMILES string of the molecule is CC(=O)Cc1cc(C)c(C(C)=O)cc1C(C)=O. The predicted octanol–water partition coefficient (Wildman–Crippen LogP) is 2.53. The van der Waals surface area contributed by atoms with E-state index < -0.39 is 0 Å². The van der Waals surface area contributed by atoms with Crippen molar-refractivity contribution in [3.8, 4) is 0 Å². The second kappa shape index (κ2) is 5.04. The highest BCUT2D eigenvalue weighted by Gasteiger charge is 2.14. The van der Waals surface area contributed by atoms with Crippen LogP contribution in [0.1, 0.15) is 52.6 Å². The van der Waals surface area contributed by atoms with E-state index in [1.165, 1.54) is 20.8 Å². The molecule has 3 heteroatoms. The lowest BCUT2D eigenvalue weighted by atomic mass is 9.93. The van der Waals surface area contributed by atoms with Crippen LogP contribution in [-0.2, 0) is 11.2 Å². The Kier molecular flexibility index (Phi) is 3.94. The normalized spacial score (nSPS) is 10.1. The Bertz CT molecular complexity index is 498. The van der Waals surface area contributed by atoms with E-state index in [2.05, 4.69) is 0 Å². The second-order valence-electron chi connectivity index (χ2n) is 4.32. The molecule has 0 aliphatic heterocycles. The molecule has 0 amide bonds. The summed E-state index contributed by atoms with van der Waals surface area (Å²) in [6, 6.07) is 3.35. The molecule has 0 heterocycles. The Balaban J connectivity index is 3.40. The third-order valence-corrected chi connectivity index (χ3v) is 2.65. The minimum absolute atomic E-state index is 0.00229. The molecule has 0 saturated heterocycles. The van der Waals surface area contributed by atoms with Crippen LogP contribution in [0.25, 0.3) is 0 Å². The second-order valence-corrected chi connectivity index (χ2v) is 4.32. The summed E-state index contributed by atoms with van der Waals surface area (Å²) in [6.07, 6.45) is 0.230. The zero-order valence-electron chi connectivity index (χ0n) is 10.6. The summed E-state index contributed by atoms with van der Waals surface area (Å²) in [4.78, 5) is 34.0. The van der Waals surface area contributed by atoms with Crippen LogP contribution in [0.15, 0.2) is 12.1 Å². The number of rotatable bonds is 4. The number of hydrogen-bond donors (Lipinski definition) is 0. The van der Waals surface area contributed by atoms with Crippen LogP contribution in [0, 0.1) is 6.92 Å². The first-order valence-corrected chi connectivity index (χ1v) is 5.47. The van der Waals surface area contributed by atoms with Gasteiger partial charge in [0.2, 0.25) is 0 Å². The topological polar surface area (TPSA) is 51.2 Å². The molecule has 0 fully saturated rings. The Morgan fingerprint density at radius 1 is 0.941 bits per heavy atom. The van der Waals surface area contributed by atoms with Crippen molar-refractivity contribution in [1.82, 2.24) is 0 Å². The lowest BCUT2D eigenvalue weighted by Gasteiger charge is -2.10. The fourth-order valence-corrected chi connectivity index (χ4v) is 1.89. The third-order valence-electron chi connectivity index (χ3n) is 2.65. The predicted molar refractivity (Wildman–Crippen MR) is 65.6 cm³/mol. The Morgan fingerprint density at radius 3 is 1.88 bits per heavy atom. The minimum Gasteiger partial charge on any atom is -0.300 e. The van der Waals surface area contributed by atoms with Gasteiger partial charge in [-0.2, -0.15) is 0 Å². The molecule has 1 aromatic carbocycles. The van der Waals surface area contributed by atoms with Crippen LogP contribution in [0.5, 0.6) is 0 Å². The highest BCUT2D eigenvalue weighted by Crippen LogP contribution is 2.19. The molecule has 0 bridgehead atoms. The molecule has 1 rings (SSSR count). The molecule has 0 N–H and O–H groups in total. The zero-order valence-corrected chi connectivity index (χ0v) is 10.6. The molecule has 0 atom stereocenters. The monoisotopic (exact) mass is 232 g/mol. The van der Waals surface area contributed by atoms with E-state index in [9.17, 15) is 14.4 Å². The lowest BCUT2D eigenvalue weighted by Crippen LogP contribution is -2.08. The van der Waals surface area contributed by atoms with Crippen molar-refractivity contribution in [1.29, 1.82) is 0 Å². The number of carbonyl (C=O) groups is 3. The van der Waals surface area contributed by atoms with Gasteiger partial charge >= 0.3 is 0 Å². The van der Waals surface area contributed by atoms with Crippen LogP contribution in [-0.4, -0.2) is 17.3 Å². The van der Waals surface area contributed by atoms with Gasteiger partial charge in [0.1, 0.15) is 5.78 Å². The molecule has 90 valence electrons. The summed E-state index contributed by atoms with van der Waals surface area (Å²) in [7, 11) is 0. The van der Waals surface area contributed by atoms with Gasteiger partial charge in [0.25, 0.3) is 0 Å². The third kappa shape index (κ3) is 3.09. The maximum absolute atomic E-state index is 11.5. The van der Waals surface area contributed by atoms with Gasteiger partial charge in [0, 0.05) is 17.5 Å². The van der Waals surface area contributed by atoms with E-state index in [1.807, 2.05) is 6.92 Å². The van der Waals surface area contributed by atoms with Crippen molar-refractivity contribution in [3.05, 3.63) is 34.4 Å². The lowest BCUT2D eigenvalue weighted by molar-refractivity contribution is -0.116. The molecule has 0 saturated carbocycles. The van der Waals surface area contributed by atoms with Crippen molar-refractivity contribution in [2.45, 2.75) is 34.1 Å². The van der Waals surface area contributed by atoms with E-state index >= 15 is 0 Å². The van der Waals surface area contributed by atoms with Gasteiger partial charge in [-0.05, 0) is 44.9 Å². The fourth-order valence-electron chi connectivity index (χ4n) is 1.89. The minimum atomic E-state index is -0.122. The number of hydrogen-bond acceptors (Lipinski definition) is 3. The largest absolute Gasteiger partial charge is 0.300 e. The highest BCUT2D eigenvalue weighted by atomic mass is 16.1. The molecular weight excluding hydrogens is 216 g/mol. The van der Waals surface area contributed by atoms with Gasteiger partial charge in [-0.3, -0.25) is 14.4 Å². The molecule has 1 aromatic rings. The summed E-state index contributed by atoms with van der Waals surface area (Å²) in [6.45, 7) is 6.21. The van der Waals surface area contributed by atoms with Gasteiger partial charge in [-0.1, -0.05) is 6.07 Å². The summed E-state index contributed by atoms with van der Waals surface area (Å²) in [5, 5.41) is 0. The van der Waals surface area contributed by atoms with Gasteiger partial charge in [0.15, 0.2) is 11.6 Å². The number of carbonyl (C=O) groups excluding carboxylic acids is 3. The van der Waals surface area contributed by atoms with Gasteiger partial charge in [0.05, 0.1) is 0 Å². The summed E-state index contributed by atoms with van der Waals surface area (Å²) in [5.41, 5.74) is 2.52. The summed E-state index contributed by atoms with van der Waals surface area (Å²) < 4.78 is 0. The number of aryl methyl sites for hydroxylation is 1. The molecule has 0 aromatic heterocycles. The zero-order chi connectivity index (χ0) is 13.2. The number of Topliss-reactive ketones (excluding diaryl/α,β-unsaturated/α-hetero) is 3. The van der Waals surface area contributed by atoms with Crippen molar-refractivity contribution in [2.24, 2.45) is 0 Å². The Labute approximate surface area is 101 Å². The average Bonchev–Trinajstić information content (AvgIpc) is 2.15. The molecule has 0 aliphatic rings. The smallest absolute Gasteiger partial charge is 0.160 e. The van der Waals surface area contributed by atoms with E-state index in [4.69, 9.17) is 0 Å². The van der Waals surface area contributed by atoms with Crippen LogP contribution in [0.2, 0.25) is 0 Å². The van der Waals surface area contributed by atoms with E-state index in [0.717, 1.165) is 5.56 Å². The van der Waals surface area contributed by atoms with Crippen molar-refractivity contribution < 1.29 is 14.4 Å². The first kappa shape index (κ1) is 13.3. The molecule has 0 radical (unpaired) electrons. The van der Waals surface area contributed by atoms with Gasteiger partial charge in [-0.25, -0.2) is 0 Å². The molecule has 0 aliphatic carbocycles. The number of ketones is 3. The molecule has 0 spiro atoms. The first-order valence-electron chi connectivity index (χ1n) is 5.47. The fraction of sp³-hybridized carbons (Fsp3) is 0.357. The van der Waals surface area contributed by atoms with Crippen molar-refractivity contribution in [2.75, 3.05) is 0 Å². The van der Waals surface area contributed by atoms with Crippen molar-refractivity contribution in [3.63, 3.8) is 0 Å². The quantitative estimate of drug-likeness (QED) is 0.749. The maximum Gasteiger partial charge on any atom is 0.160 e. The van der Waals surface area contributed by atoms with Crippen LogP contribution in [0.3, 0.4) is 0 Å². The molecule has 3 nitrogen and oxygen atoms in total. The van der Waals surface area contributed by atoms with E-state index in [1.54, 1.807) is 12.1 Å².